The van der Waals surface area contributed by atoms with Crippen molar-refractivity contribution in [2.75, 3.05) is 26.7 Å². The van der Waals surface area contributed by atoms with Crippen LogP contribution in [0.5, 0.6) is 0 Å². The lowest BCUT2D eigenvalue weighted by Gasteiger charge is -2.30. The smallest absolute Gasteiger partial charge is 0.230 e. The van der Waals surface area contributed by atoms with Crippen LogP contribution in [0.4, 0.5) is 0 Å². The molecule has 0 N–H and O–H groups in total. The fraction of sp³-hybridized carbons (Fsp3) is 0.917. The SMILES string of the molecule is CCC1CN(C)CCCN1S(=O)(=O)C(C#N)CC. The average Bonchev–Trinajstić information content (AvgIpc) is 2.52. The number of likely N-dealkylation sites (N-methyl/N-ethyl adjacent to an activating group) is 1. The Morgan fingerprint density at radius 2 is 2.06 bits per heavy atom. The summed E-state index contributed by atoms with van der Waals surface area (Å²) in [6, 6.07) is 1.91. The number of sulfonamides is 1. The zero-order chi connectivity index (χ0) is 13.8. The summed E-state index contributed by atoms with van der Waals surface area (Å²) in [6.07, 6.45) is 1.96. The first-order valence-electron chi connectivity index (χ1n) is 6.56. The van der Waals surface area contributed by atoms with Crippen LogP contribution in [0, 0.1) is 11.3 Å². The molecule has 1 rings (SSSR count). The zero-order valence-electron chi connectivity index (χ0n) is 11.5. The largest absolute Gasteiger partial charge is 0.305 e. The molecule has 0 radical (unpaired) electrons. The molecule has 5 nitrogen and oxygen atoms in total. The number of nitrogens with zero attached hydrogens (tertiary/aromatic N) is 3. The maximum Gasteiger partial charge on any atom is 0.230 e. The first kappa shape index (κ1) is 15.4. The van der Waals surface area contributed by atoms with E-state index in [0.29, 0.717) is 13.0 Å². The van der Waals surface area contributed by atoms with Crippen molar-refractivity contribution in [2.45, 2.75) is 44.4 Å². The average molecular weight is 273 g/mol. The van der Waals surface area contributed by atoms with Crippen LogP contribution in [-0.4, -0.2) is 55.6 Å². The lowest BCUT2D eigenvalue weighted by Crippen LogP contribution is -2.47. The van der Waals surface area contributed by atoms with Crippen LogP contribution >= 0.6 is 0 Å². The molecule has 0 aromatic carbocycles. The summed E-state index contributed by atoms with van der Waals surface area (Å²) >= 11 is 0. The summed E-state index contributed by atoms with van der Waals surface area (Å²) in [4.78, 5) is 2.16. The third-order valence-electron chi connectivity index (χ3n) is 3.52. The van der Waals surface area contributed by atoms with E-state index in [0.717, 1.165) is 25.9 Å². The highest BCUT2D eigenvalue weighted by Crippen LogP contribution is 2.20. The highest BCUT2D eigenvalue weighted by molar-refractivity contribution is 7.90. The van der Waals surface area contributed by atoms with Gasteiger partial charge in [0.05, 0.1) is 6.07 Å². The highest BCUT2D eigenvalue weighted by Gasteiger charge is 2.36. The van der Waals surface area contributed by atoms with Gasteiger partial charge in [-0.25, -0.2) is 8.42 Å². The van der Waals surface area contributed by atoms with Crippen LogP contribution in [0.25, 0.3) is 0 Å². The Hall–Kier alpha value is -0.640. The highest BCUT2D eigenvalue weighted by atomic mass is 32.2. The van der Waals surface area contributed by atoms with E-state index in [4.69, 9.17) is 5.26 Å². The second kappa shape index (κ2) is 6.50. The zero-order valence-corrected chi connectivity index (χ0v) is 12.3. The van der Waals surface area contributed by atoms with Crippen molar-refractivity contribution in [3.8, 4) is 6.07 Å². The molecule has 0 aliphatic carbocycles. The Morgan fingerprint density at radius 1 is 1.39 bits per heavy atom. The third kappa shape index (κ3) is 3.22. The normalized spacial score (nSPS) is 25.3. The van der Waals surface area contributed by atoms with Gasteiger partial charge in [-0.3, -0.25) is 0 Å². The molecule has 0 saturated carbocycles. The molecule has 2 atom stereocenters. The molecule has 1 fully saturated rings. The lowest BCUT2D eigenvalue weighted by atomic mass is 10.2. The standard InChI is InChI=1S/C12H23N3O2S/c1-4-11-10-14(3)7-6-8-15(11)18(16,17)12(5-2)9-13/h11-12H,4-8,10H2,1-3H3. The molecule has 104 valence electrons. The second-order valence-electron chi connectivity index (χ2n) is 4.86. The molecule has 0 aromatic heterocycles. The molecule has 1 aliphatic rings. The maximum absolute atomic E-state index is 12.5. The first-order chi connectivity index (χ1) is 8.47. The van der Waals surface area contributed by atoms with Gasteiger partial charge in [-0.15, -0.1) is 0 Å². The molecular formula is C12H23N3O2S. The molecule has 0 amide bonds. The predicted molar refractivity (Wildman–Crippen MR) is 71.5 cm³/mol. The monoisotopic (exact) mass is 273 g/mol. The van der Waals surface area contributed by atoms with E-state index in [-0.39, 0.29) is 6.04 Å². The van der Waals surface area contributed by atoms with E-state index in [1.165, 1.54) is 0 Å². The molecule has 1 aliphatic heterocycles. The molecule has 18 heavy (non-hydrogen) atoms. The Balaban J connectivity index is 3.01. The van der Waals surface area contributed by atoms with E-state index in [1.54, 1.807) is 11.2 Å². The van der Waals surface area contributed by atoms with Crippen LogP contribution in [-0.2, 0) is 10.0 Å². The van der Waals surface area contributed by atoms with Gasteiger partial charge in [-0.1, -0.05) is 13.8 Å². The van der Waals surface area contributed by atoms with Crippen molar-refractivity contribution in [2.24, 2.45) is 0 Å². The molecule has 1 heterocycles. The quantitative estimate of drug-likeness (QED) is 0.767. The van der Waals surface area contributed by atoms with E-state index < -0.39 is 15.3 Å². The minimum absolute atomic E-state index is 0.00935. The van der Waals surface area contributed by atoms with Crippen LogP contribution in [0.15, 0.2) is 0 Å². The summed E-state index contributed by atoms with van der Waals surface area (Å²) in [5.74, 6) is 0. The minimum Gasteiger partial charge on any atom is -0.305 e. The van der Waals surface area contributed by atoms with Gasteiger partial charge in [0.25, 0.3) is 0 Å². The van der Waals surface area contributed by atoms with Crippen molar-refractivity contribution in [1.82, 2.24) is 9.21 Å². The fourth-order valence-corrected chi connectivity index (χ4v) is 4.32. The molecule has 6 heteroatoms. The molecule has 1 saturated heterocycles. The number of hydrogen-bond donors (Lipinski definition) is 0. The van der Waals surface area contributed by atoms with Crippen molar-refractivity contribution in [3.63, 3.8) is 0 Å². The third-order valence-corrected chi connectivity index (χ3v) is 5.81. The summed E-state index contributed by atoms with van der Waals surface area (Å²) in [6.45, 7) is 5.93. The summed E-state index contributed by atoms with van der Waals surface area (Å²) in [5.41, 5.74) is 0. The Labute approximate surface area is 110 Å². The Kier molecular flexibility index (Phi) is 5.57. The molecule has 0 spiro atoms. The molecular weight excluding hydrogens is 250 g/mol. The lowest BCUT2D eigenvalue weighted by molar-refractivity contribution is 0.269. The summed E-state index contributed by atoms with van der Waals surface area (Å²) in [7, 11) is -1.47. The van der Waals surface area contributed by atoms with Crippen LogP contribution in [0.3, 0.4) is 0 Å². The van der Waals surface area contributed by atoms with E-state index >= 15 is 0 Å². The van der Waals surface area contributed by atoms with Gasteiger partial charge in [-0.05, 0) is 32.9 Å². The van der Waals surface area contributed by atoms with Crippen LogP contribution < -0.4 is 0 Å². The minimum atomic E-state index is -3.49. The summed E-state index contributed by atoms with van der Waals surface area (Å²) < 4.78 is 26.5. The van der Waals surface area contributed by atoms with Crippen LogP contribution in [0.1, 0.15) is 33.1 Å². The van der Waals surface area contributed by atoms with Crippen molar-refractivity contribution >= 4 is 10.0 Å². The summed E-state index contributed by atoms with van der Waals surface area (Å²) in [5, 5.41) is 8.10. The van der Waals surface area contributed by atoms with Gasteiger partial charge in [0.15, 0.2) is 5.25 Å². The van der Waals surface area contributed by atoms with Crippen LogP contribution in [0.2, 0.25) is 0 Å². The van der Waals surface area contributed by atoms with Crippen molar-refractivity contribution in [1.29, 1.82) is 5.26 Å². The maximum atomic E-state index is 12.5. The van der Waals surface area contributed by atoms with Gasteiger partial charge < -0.3 is 4.90 Å². The van der Waals surface area contributed by atoms with Gasteiger partial charge in [0, 0.05) is 19.1 Å². The van der Waals surface area contributed by atoms with Gasteiger partial charge in [0.2, 0.25) is 10.0 Å². The van der Waals surface area contributed by atoms with E-state index in [1.807, 2.05) is 20.0 Å². The second-order valence-corrected chi connectivity index (χ2v) is 6.93. The van der Waals surface area contributed by atoms with Crippen molar-refractivity contribution in [3.05, 3.63) is 0 Å². The van der Waals surface area contributed by atoms with E-state index in [2.05, 4.69) is 4.90 Å². The van der Waals surface area contributed by atoms with Gasteiger partial charge in [-0.2, -0.15) is 9.57 Å². The van der Waals surface area contributed by atoms with Gasteiger partial charge >= 0.3 is 0 Å². The van der Waals surface area contributed by atoms with Crippen molar-refractivity contribution < 1.29 is 8.42 Å². The number of hydrogen-bond acceptors (Lipinski definition) is 4. The topological polar surface area (TPSA) is 64.4 Å². The Morgan fingerprint density at radius 3 is 2.56 bits per heavy atom. The molecule has 0 aromatic rings. The van der Waals surface area contributed by atoms with E-state index in [9.17, 15) is 8.42 Å². The number of rotatable bonds is 4. The van der Waals surface area contributed by atoms with Gasteiger partial charge in [0.1, 0.15) is 0 Å². The fourth-order valence-electron chi connectivity index (χ4n) is 2.42. The molecule has 0 bridgehead atoms. The number of nitriles is 1. The molecule has 2 unspecified atom stereocenters. The Bertz CT molecular complexity index is 402. The predicted octanol–water partition coefficient (Wildman–Crippen LogP) is 1.03. The first-order valence-corrected chi connectivity index (χ1v) is 8.06.